The average Bonchev–Trinajstić information content (AvgIpc) is 3.21. The summed E-state index contributed by atoms with van der Waals surface area (Å²) >= 11 is 16.7. The highest BCUT2D eigenvalue weighted by atomic mass is 79.9. The SMILES string of the molecule is Cc1nc2c(OCc3c(Cl)ccc(N(C)C(=O)CNC(=O)CN(C)C4CCCCC4)c3Cl)cccn2c1Br. The van der Waals surface area contributed by atoms with Crippen molar-refractivity contribution in [2.24, 2.45) is 0 Å². The molecular formula is C27H32BrCl2N5O3. The molecule has 2 aromatic heterocycles. The summed E-state index contributed by atoms with van der Waals surface area (Å²) in [6.45, 7) is 2.13. The van der Waals surface area contributed by atoms with Gasteiger partial charge in [-0.2, -0.15) is 0 Å². The standard InChI is InChI=1S/C27H32BrCl2N5O3/c1-17-26(28)35-13-7-10-22(27(35)32-17)38-16-19-20(29)11-12-21(25(19)30)34(3)24(37)14-31-23(36)15-33(2)18-8-5-4-6-9-18/h7,10-13,18H,4-6,8-9,14-16H2,1-3H3,(H,31,36). The molecule has 1 aliphatic rings. The lowest BCUT2D eigenvalue weighted by Gasteiger charge is -2.30. The largest absolute Gasteiger partial charge is 0.485 e. The molecule has 8 nitrogen and oxygen atoms in total. The van der Waals surface area contributed by atoms with Crippen LogP contribution in [0.25, 0.3) is 5.65 Å². The van der Waals surface area contributed by atoms with Gasteiger partial charge in [0.1, 0.15) is 11.2 Å². The maximum absolute atomic E-state index is 12.9. The second kappa shape index (κ2) is 12.7. The van der Waals surface area contributed by atoms with Gasteiger partial charge >= 0.3 is 0 Å². The zero-order valence-electron chi connectivity index (χ0n) is 21.8. The summed E-state index contributed by atoms with van der Waals surface area (Å²) in [6, 6.07) is 7.47. The molecule has 0 spiro atoms. The van der Waals surface area contributed by atoms with Crippen molar-refractivity contribution in [1.29, 1.82) is 0 Å². The first kappa shape index (κ1) is 28.7. The van der Waals surface area contributed by atoms with Gasteiger partial charge in [-0.1, -0.05) is 42.5 Å². The van der Waals surface area contributed by atoms with Gasteiger partial charge in [-0.15, -0.1) is 0 Å². The van der Waals surface area contributed by atoms with Crippen molar-refractivity contribution in [2.45, 2.75) is 51.7 Å². The highest BCUT2D eigenvalue weighted by molar-refractivity contribution is 9.10. The van der Waals surface area contributed by atoms with Crippen molar-refractivity contribution < 1.29 is 14.3 Å². The van der Waals surface area contributed by atoms with Gasteiger partial charge in [0.15, 0.2) is 11.4 Å². The predicted octanol–water partition coefficient (Wildman–Crippen LogP) is 5.63. The number of anilines is 1. The van der Waals surface area contributed by atoms with E-state index in [1.807, 2.05) is 36.7 Å². The Labute approximate surface area is 241 Å². The van der Waals surface area contributed by atoms with E-state index in [4.69, 9.17) is 27.9 Å². The maximum atomic E-state index is 12.9. The molecule has 38 heavy (non-hydrogen) atoms. The lowest BCUT2D eigenvalue weighted by molar-refractivity contribution is -0.125. The molecule has 1 fully saturated rings. The lowest BCUT2D eigenvalue weighted by atomic mass is 9.94. The minimum atomic E-state index is -0.294. The fourth-order valence-corrected chi connectivity index (χ4v) is 5.71. The normalized spacial score (nSPS) is 14.2. The van der Waals surface area contributed by atoms with Crippen molar-refractivity contribution in [3.05, 3.63) is 56.4 Å². The smallest absolute Gasteiger partial charge is 0.246 e. The van der Waals surface area contributed by atoms with Crippen molar-refractivity contribution in [2.75, 3.05) is 32.1 Å². The summed E-state index contributed by atoms with van der Waals surface area (Å²) in [5.41, 5.74) is 2.53. The number of rotatable bonds is 9. The van der Waals surface area contributed by atoms with Crippen LogP contribution in [0, 0.1) is 6.92 Å². The summed E-state index contributed by atoms with van der Waals surface area (Å²) in [5.74, 6) is 0.104. The molecule has 0 aliphatic heterocycles. The van der Waals surface area contributed by atoms with E-state index in [2.05, 4.69) is 31.1 Å². The molecule has 1 aromatic carbocycles. The number of pyridine rings is 1. The number of carbonyl (C=O) groups is 2. The van der Waals surface area contributed by atoms with Crippen molar-refractivity contribution >= 4 is 62.3 Å². The molecule has 0 radical (unpaired) electrons. The number of likely N-dealkylation sites (N-methyl/N-ethyl adjacent to an activating group) is 2. The number of amides is 2. The monoisotopic (exact) mass is 623 g/mol. The van der Waals surface area contributed by atoms with Crippen LogP contribution in [0.15, 0.2) is 35.1 Å². The Kier molecular flexibility index (Phi) is 9.57. The van der Waals surface area contributed by atoms with Gasteiger partial charge in [-0.25, -0.2) is 4.98 Å². The number of nitrogens with one attached hydrogen (secondary N) is 1. The zero-order chi connectivity index (χ0) is 27.4. The van der Waals surface area contributed by atoms with Gasteiger partial charge in [0.05, 0.1) is 29.5 Å². The molecule has 0 atom stereocenters. The number of hydrogen-bond donors (Lipinski definition) is 1. The Hall–Kier alpha value is -2.33. The molecule has 2 heterocycles. The molecule has 1 aliphatic carbocycles. The van der Waals surface area contributed by atoms with Gasteiger partial charge in [0, 0.05) is 29.9 Å². The van der Waals surface area contributed by atoms with Gasteiger partial charge in [-0.05, 0) is 67.0 Å². The Morgan fingerprint density at radius 2 is 1.92 bits per heavy atom. The molecule has 0 bridgehead atoms. The number of ether oxygens (including phenoxy) is 1. The molecule has 3 aromatic rings. The third-order valence-corrected chi connectivity index (χ3v) is 8.75. The van der Waals surface area contributed by atoms with Crippen LogP contribution < -0.4 is 15.0 Å². The van der Waals surface area contributed by atoms with Crippen molar-refractivity contribution in [3.63, 3.8) is 0 Å². The number of carbonyl (C=O) groups excluding carboxylic acids is 2. The van der Waals surface area contributed by atoms with Gasteiger partial charge in [-0.3, -0.25) is 18.9 Å². The third-order valence-electron chi connectivity index (χ3n) is 7.02. The second-order valence-electron chi connectivity index (χ2n) is 9.64. The summed E-state index contributed by atoms with van der Waals surface area (Å²) in [4.78, 5) is 33.4. The van der Waals surface area contributed by atoms with Crippen LogP contribution in [0.4, 0.5) is 5.69 Å². The Bertz CT molecular complexity index is 1330. The van der Waals surface area contributed by atoms with E-state index in [0.717, 1.165) is 23.1 Å². The maximum Gasteiger partial charge on any atom is 0.246 e. The molecule has 0 unspecified atom stereocenters. The number of aromatic nitrogens is 2. The third kappa shape index (κ3) is 6.45. The second-order valence-corrected chi connectivity index (χ2v) is 11.2. The highest BCUT2D eigenvalue weighted by Gasteiger charge is 2.22. The topological polar surface area (TPSA) is 79.2 Å². The summed E-state index contributed by atoms with van der Waals surface area (Å²) < 4.78 is 8.80. The summed E-state index contributed by atoms with van der Waals surface area (Å²) in [6.07, 6.45) is 7.77. The molecule has 1 N–H and O–H groups in total. The van der Waals surface area contributed by atoms with E-state index in [-0.39, 0.29) is 31.5 Å². The quantitative estimate of drug-likeness (QED) is 0.334. The van der Waals surface area contributed by atoms with E-state index in [0.29, 0.717) is 38.7 Å². The number of imidazole rings is 1. The predicted molar refractivity (Wildman–Crippen MR) is 154 cm³/mol. The van der Waals surface area contributed by atoms with Crippen LogP contribution in [-0.2, 0) is 16.2 Å². The molecule has 11 heteroatoms. The van der Waals surface area contributed by atoms with E-state index in [1.54, 1.807) is 19.2 Å². The number of hydrogen-bond acceptors (Lipinski definition) is 5. The minimum absolute atomic E-state index is 0.0843. The Balaban J connectivity index is 1.39. The van der Waals surface area contributed by atoms with E-state index in [1.165, 1.54) is 24.2 Å². The fraction of sp³-hybridized carbons (Fsp3) is 0.444. The van der Waals surface area contributed by atoms with E-state index < -0.39 is 0 Å². The number of nitrogens with zero attached hydrogens (tertiary/aromatic N) is 4. The van der Waals surface area contributed by atoms with Crippen LogP contribution in [0.3, 0.4) is 0 Å². The number of aryl methyl sites for hydroxylation is 1. The fourth-order valence-electron chi connectivity index (χ4n) is 4.73. The lowest BCUT2D eigenvalue weighted by Crippen LogP contribution is -2.44. The number of halogens is 3. The van der Waals surface area contributed by atoms with Crippen LogP contribution in [0.5, 0.6) is 5.75 Å². The first-order chi connectivity index (χ1) is 18.2. The van der Waals surface area contributed by atoms with Crippen LogP contribution in [0.1, 0.15) is 43.4 Å². The first-order valence-electron chi connectivity index (χ1n) is 12.6. The molecule has 2 amide bonds. The van der Waals surface area contributed by atoms with Crippen LogP contribution >= 0.6 is 39.1 Å². The van der Waals surface area contributed by atoms with Crippen LogP contribution in [-0.4, -0.2) is 59.3 Å². The molecule has 0 saturated heterocycles. The van der Waals surface area contributed by atoms with Crippen molar-refractivity contribution in [3.8, 4) is 5.75 Å². The van der Waals surface area contributed by atoms with Crippen LogP contribution in [0.2, 0.25) is 10.0 Å². The Morgan fingerprint density at radius 1 is 1.18 bits per heavy atom. The van der Waals surface area contributed by atoms with Gasteiger partial charge in [0.25, 0.3) is 0 Å². The molecular weight excluding hydrogens is 593 g/mol. The van der Waals surface area contributed by atoms with E-state index >= 15 is 0 Å². The van der Waals surface area contributed by atoms with Gasteiger partial charge < -0.3 is 15.0 Å². The molecule has 204 valence electrons. The average molecular weight is 625 g/mol. The Morgan fingerprint density at radius 3 is 2.66 bits per heavy atom. The van der Waals surface area contributed by atoms with Crippen molar-refractivity contribution in [1.82, 2.24) is 19.6 Å². The van der Waals surface area contributed by atoms with Gasteiger partial charge in [0.2, 0.25) is 11.8 Å². The summed E-state index contributed by atoms with van der Waals surface area (Å²) in [7, 11) is 3.58. The highest BCUT2D eigenvalue weighted by Crippen LogP contribution is 2.35. The number of benzene rings is 1. The first-order valence-corrected chi connectivity index (χ1v) is 14.2. The molecule has 4 rings (SSSR count). The molecule has 1 saturated carbocycles. The minimum Gasteiger partial charge on any atom is -0.485 e. The summed E-state index contributed by atoms with van der Waals surface area (Å²) in [5, 5.41) is 3.47. The zero-order valence-corrected chi connectivity index (χ0v) is 24.9. The van der Waals surface area contributed by atoms with E-state index in [9.17, 15) is 9.59 Å². The number of fused-ring (bicyclic) bond motifs is 1.